The predicted molar refractivity (Wildman–Crippen MR) is 107 cm³/mol. The van der Waals surface area contributed by atoms with Crippen molar-refractivity contribution in [1.29, 1.82) is 0 Å². The normalized spacial score (nSPS) is 11.0. The second-order valence-corrected chi connectivity index (χ2v) is 7.20. The lowest BCUT2D eigenvalue weighted by Gasteiger charge is -2.26. The van der Waals surface area contributed by atoms with Crippen LogP contribution in [0.15, 0.2) is 53.3 Å². The number of carbonyl (C=O) groups excluding carboxylic acids is 1. The highest BCUT2D eigenvalue weighted by atomic mass is 127. The Morgan fingerprint density at radius 3 is 2.56 bits per heavy atom. The Balaban J connectivity index is 1.97. The Morgan fingerprint density at radius 1 is 1.16 bits per heavy atom. The van der Waals surface area contributed by atoms with E-state index in [1.165, 1.54) is 0 Å². The number of nitrogens with zero attached hydrogens (tertiary/aromatic N) is 2. The quantitative estimate of drug-likeness (QED) is 0.622. The molecule has 0 aliphatic heterocycles. The largest absolute Gasteiger partial charge is 0.329 e. The van der Waals surface area contributed by atoms with E-state index in [0.29, 0.717) is 22.3 Å². The third kappa shape index (κ3) is 3.73. The van der Waals surface area contributed by atoms with Crippen LogP contribution >= 0.6 is 22.6 Å². The predicted octanol–water partition coefficient (Wildman–Crippen LogP) is 3.58. The molecular weight excluding hydrogens is 429 g/mol. The smallest absolute Gasteiger partial charge is 0.258 e. The molecule has 0 saturated carbocycles. The van der Waals surface area contributed by atoms with Gasteiger partial charge >= 0.3 is 0 Å². The summed E-state index contributed by atoms with van der Waals surface area (Å²) in [4.78, 5) is 34.2. The molecule has 0 atom stereocenters. The molecule has 1 heterocycles. The summed E-state index contributed by atoms with van der Waals surface area (Å²) >= 11 is 2.16. The number of aromatic nitrogens is 2. The van der Waals surface area contributed by atoms with Crippen LogP contribution < -0.4 is 5.56 Å². The van der Waals surface area contributed by atoms with Gasteiger partial charge < -0.3 is 9.88 Å². The molecule has 3 aromatic rings. The molecule has 25 heavy (non-hydrogen) atoms. The van der Waals surface area contributed by atoms with Crippen molar-refractivity contribution in [2.45, 2.75) is 26.4 Å². The van der Waals surface area contributed by atoms with Gasteiger partial charge in [0.15, 0.2) is 0 Å². The summed E-state index contributed by atoms with van der Waals surface area (Å²) < 4.78 is 0.899. The molecule has 0 saturated heterocycles. The van der Waals surface area contributed by atoms with Gasteiger partial charge in [-0.05, 0) is 60.7 Å². The van der Waals surface area contributed by atoms with Crippen molar-refractivity contribution in [2.24, 2.45) is 0 Å². The van der Waals surface area contributed by atoms with E-state index < -0.39 is 0 Å². The first-order chi connectivity index (χ1) is 12.0. The lowest BCUT2D eigenvalue weighted by atomic mass is 10.1. The van der Waals surface area contributed by atoms with Crippen molar-refractivity contribution in [1.82, 2.24) is 14.9 Å². The van der Waals surface area contributed by atoms with Crippen molar-refractivity contribution in [2.75, 3.05) is 0 Å². The lowest BCUT2D eigenvalue weighted by molar-refractivity contribution is 0.0684. The first-order valence-electron chi connectivity index (χ1n) is 8.01. The number of benzene rings is 2. The molecule has 1 N–H and O–H groups in total. The molecular formula is C19H18IN3O2. The number of aromatic amines is 1. The van der Waals surface area contributed by atoms with Gasteiger partial charge in [0.05, 0.1) is 23.0 Å². The maximum Gasteiger partial charge on any atom is 0.258 e. The van der Waals surface area contributed by atoms with Gasteiger partial charge in [-0.3, -0.25) is 9.59 Å². The topological polar surface area (TPSA) is 66.1 Å². The minimum Gasteiger partial charge on any atom is -0.329 e. The maximum absolute atomic E-state index is 13.0. The van der Waals surface area contributed by atoms with Crippen molar-refractivity contribution in [3.8, 4) is 0 Å². The second kappa shape index (κ2) is 7.35. The first-order valence-corrected chi connectivity index (χ1v) is 9.08. The Hall–Kier alpha value is -2.22. The maximum atomic E-state index is 13.0. The molecule has 0 unspecified atom stereocenters. The van der Waals surface area contributed by atoms with Gasteiger partial charge in [-0.25, -0.2) is 4.98 Å². The molecule has 5 nitrogen and oxygen atoms in total. The lowest BCUT2D eigenvalue weighted by Crippen LogP contribution is -2.37. The minimum atomic E-state index is -0.189. The molecule has 0 aliphatic carbocycles. The molecule has 1 amide bonds. The number of carbonyl (C=O) groups is 1. The molecule has 0 radical (unpaired) electrons. The molecule has 0 fully saturated rings. The zero-order valence-electron chi connectivity index (χ0n) is 14.0. The number of hydrogen-bond acceptors (Lipinski definition) is 3. The van der Waals surface area contributed by atoms with Gasteiger partial charge in [-0.15, -0.1) is 0 Å². The standard InChI is InChI=1S/C19H18IN3O2/c1-12(2)23(19(25)13-7-3-5-9-15(13)20)11-17-21-16-10-6-4-8-14(16)18(24)22-17/h3-10,12H,11H2,1-2H3,(H,21,22,24). The fraction of sp³-hybridized carbons (Fsp3) is 0.211. The highest BCUT2D eigenvalue weighted by Gasteiger charge is 2.22. The van der Waals surface area contributed by atoms with Gasteiger partial charge in [-0.1, -0.05) is 24.3 Å². The number of nitrogens with one attached hydrogen (secondary N) is 1. The van der Waals surface area contributed by atoms with Gasteiger partial charge in [0.1, 0.15) is 5.82 Å². The summed E-state index contributed by atoms with van der Waals surface area (Å²) in [7, 11) is 0. The van der Waals surface area contributed by atoms with Crippen molar-refractivity contribution in [3.63, 3.8) is 0 Å². The SMILES string of the molecule is CC(C)N(Cc1nc2ccccc2c(=O)[nH]1)C(=O)c1ccccc1I. The van der Waals surface area contributed by atoms with E-state index in [2.05, 4.69) is 32.6 Å². The average Bonchev–Trinajstić information content (AvgIpc) is 2.59. The molecule has 128 valence electrons. The zero-order valence-corrected chi connectivity index (χ0v) is 16.1. The number of para-hydroxylation sites is 1. The molecule has 0 aliphatic rings. The van der Waals surface area contributed by atoms with Crippen molar-refractivity contribution < 1.29 is 4.79 Å². The minimum absolute atomic E-state index is 0.0275. The van der Waals surface area contributed by atoms with Crippen LogP contribution in [0.5, 0.6) is 0 Å². The van der Waals surface area contributed by atoms with Crippen LogP contribution in [0.4, 0.5) is 0 Å². The van der Waals surface area contributed by atoms with Gasteiger partial charge in [0, 0.05) is 9.61 Å². The van der Waals surface area contributed by atoms with E-state index in [-0.39, 0.29) is 24.1 Å². The fourth-order valence-electron chi connectivity index (χ4n) is 2.65. The number of hydrogen-bond donors (Lipinski definition) is 1. The van der Waals surface area contributed by atoms with E-state index in [1.54, 1.807) is 23.1 Å². The third-order valence-electron chi connectivity index (χ3n) is 3.97. The van der Waals surface area contributed by atoms with E-state index in [4.69, 9.17) is 0 Å². The molecule has 0 spiro atoms. The summed E-state index contributed by atoms with van der Waals surface area (Å²) in [6, 6.07) is 14.6. The highest BCUT2D eigenvalue weighted by Crippen LogP contribution is 2.17. The fourth-order valence-corrected chi connectivity index (χ4v) is 3.27. The Bertz CT molecular complexity index is 982. The first kappa shape index (κ1) is 17.6. The highest BCUT2D eigenvalue weighted by molar-refractivity contribution is 14.1. The number of fused-ring (bicyclic) bond motifs is 1. The van der Waals surface area contributed by atoms with Gasteiger partial charge in [0.2, 0.25) is 0 Å². The Labute approximate surface area is 159 Å². The van der Waals surface area contributed by atoms with Crippen molar-refractivity contribution >= 4 is 39.4 Å². The van der Waals surface area contributed by atoms with Crippen molar-refractivity contribution in [3.05, 3.63) is 73.8 Å². The average molecular weight is 447 g/mol. The van der Waals surface area contributed by atoms with Gasteiger partial charge in [-0.2, -0.15) is 0 Å². The summed E-state index contributed by atoms with van der Waals surface area (Å²) in [5.41, 5.74) is 1.10. The molecule has 3 rings (SSSR count). The molecule has 0 bridgehead atoms. The van der Waals surface area contributed by atoms with Crippen LogP contribution in [0.2, 0.25) is 0 Å². The molecule has 1 aromatic heterocycles. The van der Waals surface area contributed by atoms with E-state index in [0.717, 1.165) is 3.57 Å². The number of amides is 1. The van der Waals surface area contributed by atoms with Crippen LogP contribution in [-0.2, 0) is 6.54 Å². The zero-order chi connectivity index (χ0) is 18.0. The van der Waals surface area contributed by atoms with Gasteiger partial charge in [0.25, 0.3) is 11.5 Å². The Morgan fingerprint density at radius 2 is 1.84 bits per heavy atom. The summed E-state index contributed by atoms with van der Waals surface area (Å²) in [6.45, 7) is 4.15. The third-order valence-corrected chi connectivity index (χ3v) is 4.91. The van der Waals surface area contributed by atoms with E-state index in [1.807, 2.05) is 44.2 Å². The van der Waals surface area contributed by atoms with Crippen LogP contribution in [0, 0.1) is 3.57 Å². The molecule has 2 aromatic carbocycles. The van der Waals surface area contributed by atoms with Crippen LogP contribution in [0.3, 0.4) is 0 Å². The van der Waals surface area contributed by atoms with Crippen LogP contribution in [0.25, 0.3) is 10.9 Å². The second-order valence-electron chi connectivity index (χ2n) is 6.04. The van der Waals surface area contributed by atoms with E-state index >= 15 is 0 Å². The monoisotopic (exact) mass is 447 g/mol. The summed E-state index contributed by atoms with van der Waals surface area (Å²) in [5.74, 6) is 0.410. The van der Waals surface area contributed by atoms with Crippen LogP contribution in [0.1, 0.15) is 30.0 Å². The summed E-state index contributed by atoms with van der Waals surface area (Å²) in [6.07, 6.45) is 0. The van der Waals surface area contributed by atoms with E-state index in [9.17, 15) is 9.59 Å². The number of rotatable bonds is 4. The Kier molecular flexibility index (Phi) is 5.17. The van der Waals surface area contributed by atoms with Crippen LogP contribution in [-0.4, -0.2) is 26.8 Å². The number of halogens is 1. The number of H-pyrrole nitrogens is 1. The summed E-state index contributed by atoms with van der Waals surface area (Å²) in [5, 5.41) is 0.547. The molecule has 6 heteroatoms.